The summed E-state index contributed by atoms with van der Waals surface area (Å²) >= 11 is 12.5. The number of halogens is 2. The van der Waals surface area contributed by atoms with Crippen molar-refractivity contribution in [1.82, 2.24) is 19.4 Å². The Morgan fingerprint density at radius 1 is 0.939 bits per heavy atom. The van der Waals surface area contributed by atoms with E-state index in [-0.39, 0.29) is 33.5 Å². The van der Waals surface area contributed by atoms with E-state index in [4.69, 9.17) is 23.2 Å². The average molecular weight is 479 g/mol. The summed E-state index contributed by atoms with van der Waals surface area (Å²) in [6.45, 7) is 0.409. The molecule has 1 aliphatic heterocycles. The maximum absolute atomic E-state index is 13.9. The molecule has 3 aromatic heterocycles. The molecule has 1 saturated heterocycles. The molecule has 6 nitrogen and oxygen atoms in total. The largest absolute Gasteiger partial charge is 0.350 e. The molecule has 1 fully saturated rings. The summed E-state index contributed by atoms with van der Waals surface area (Å²) in [7, 11) is 1.98. The minimum absolute atomic E-state index is 0.113. The van der Waals surface area contributed by atoms with E-state index in [1.54, 1.807) is 29.2 Å². The number of hydrogen-bond acceptors (Lipinski definition) is 4. The van der Waals surface area contributed by atoms with Crippen LogP contribution in [0.5, 0.6) is 0 Å². The highest BCUT2D eigenvalue weighted by Crippen LogP contribution is 2.40. The Morgan fingerprint density at radius 2 is 1.61 bits per heavy atom. The van der Waals surface area contributed by atoms with Crippen molar-refractivity contribution in [2.45, 2.75) is 18.4 Å². The number of likely N-dealkylation sites (tertiary alicyclic amines) is 1. The summed E-state index contributed by atoms with van der Waals surface area (Å²) in [4.78, 5) is 37.1. The molecule has 1 amide bonds. The van der Waals surface area contributed by atoms with Gasteiger partial charge in [-0.25, -0.2) is 9.97 Å². The molecule has 0 saturated carbocycles. The monoisotopic (exact) mass is 478 g/mol. The number of pyridine rings is 2. The van der Waals surface area contributed by atoms with Crippen molar-refractivity contribution >= 4 is 45.8 Å². The van der Waals surface area contributed by atoms with E-state index in [9.17, 15) is 9.59 Å². The standard InChI is InChI=1S/C25H20Cl2N4O2/c1-30-14-19(15-6-2-3-9-20(15)30)16-10-13-31(25(33)18-8-5-12-29-24(18)27)21(16)22(32)17-7-4-11-28-23(17)26/h2-9,11-12,14,16,21H,10,13H2,1H3. The molecular formula is C25H20Cl2N4O2. The molecule has 0 bridgehead atoms. The maximum Gasteiger partial charge on any atom is 0.257 e. The molecule has 1 aliphatic rings. The number of ketones is 1. The molecule has 0 radical (unpaired) electrons. The normalized spacial score (nSPS) is 18.1. The van der Waals surface area contributed by atoms with Crippen LogP contribution in [0.1, 0.15) is 38.6 Å². The maximum atomic E-state index is 13.9. The molecule has 1 aromatic carbocycles. The number of hydrogen-bond donors (Lipinski definition) is 0. The molecule has 4 heterocycles. The first-order valence-electron chi connectivity index (χ1n) is 10.6. The van der Waals surface area contributed by atoms with Crippen molar-refractivity contribution in [1.29, 1.82) is 0 Å². The number of rotatable bonds is 4. The van der Waals surface area contributed by atoms with Crippen molar-refractivity contribution in [3.63, 3.8) is 0 Å². The van der Waals surface area contributed by atoms with Gasteiger partial charge in [-0.05, 0) is 42.3 Å². The van der Waals surface area contributed by atoms with Crippen LogP contribution in [0.4, 0.5) is 0 Å². The second-order valence-corrected chi connectivity index (χ2v) is 8.81. The van der Waals surface area contributed by atoms with Crippen LogP contribution in [-0.4, -0.2) is 43.7 Å². The van der Waals surface area contributed by atoms with Gasteiger partial charge in [0.05, 0.1) is 11.1 Å². The van der Waals surface area contributed by atoms with Gasteiger partial charge in [-0.3, -0.25) is 9.59 Å². The first-order chi connectivity index (χ1) is 16.0. The number of carbonyl (C=O) groups is 2. The van der Waals surface area contributed by atoms with Gasteiger partial charge < -0.3 is 9.47 Å². The van der Waals surface area contributed by atoms with E-state index < -0.39 is 6.04 Å². The average Bonchev–Trinajstić information content (AvgIpc) is 3.40. The minimum Gasteiger partial charge on any atom is -0.350 e. The lowest BCUT2D eigenvalue weighted by atomic mass is 9.87. The molecule has 2 unspecified atom stereocenters. The molecule has 33 heavy (non-hydrogen) atoms. The topological polar surface area (TPSA) is 68.1 Å². The molecule has 4 aromatic rings. The molecule has 5 rings (SSSR count). The van der Waals surface area contributed by atoms with E-state index in [0.717, 1.165) is 16.5 Å². The molecule has 0 N–H and O–H groups in total. The number of Topliss-reactive ketones (excluding diaryl/α,β-unsaturated/α-hetero) is 1. The van der Waals surface area contributed by atoms with Gasteiger partial charge in [0.2, 0.25) is 0 Å². The Balaban J connectivity index is 1.63. The fraction of sp³-hybridized carbons (Fsp3) is 0.200. The highest BCUT2D eigenvalue weighted by atomic mass is 35.5. The van der Waals surface area contributed by atoms with Crippen molar-refractivity contribution < 1.29 is 9.59 Å². The van der Waals surface area contributed by atoms with Gasteiger partial charge in [-0.15, -0.1) is 0 Å². The summed E-state index contributed by atoms with van der Waals surface area (Å²) in [6.07, 6.45) is 5.74. The van der Waals surface area contributed by atoms with Crippen LogP contribution in [0.2, 0.25) is 10.3 Å². The van der Waals surface area contributed by atoms with Crippen LogP contribution in [0, 0.1) is 0 Å². The van der Waals surface area contributed by atoms with Gasteiger partial charge >= 0.3 is 0 Å². The predicted octanol–water partition coefficient (Wildman–Crippen LogP) is 5.16. The zero-order valence-electron chi connectivity index (χ0n) is 17.8. The van der Waals surface area contributed by atoms with E-state index in [2.05, 4.69) is 9.97 Å². The molecular weight excluding hydrogens is 459 g/mol. The minimum atomic E-state index is -0.749. The van der Waals surface area contributed by atoms with E-state index in [0.29, 0.717) is 18.5 Å². The summed E-state index contributed by atoms with van der Waals surface area (Å²) in [5, 5.41) is 1.30. The molecule has 0 aliphatic carbocycles. The first kappa shape index (κ1) is 21.6. The van der Waals surface area contributed by atoms with Crippen LogP contribution in [0.3, 0.4) is 0 Å². The molecule has 0 spiro atoms. The van der Waals surface area contributed by atoms with Gasteiger partial charge in [0, 0.05) is 49.0 Å². The highest BCUT2D eigenvalue weighted by Gasteiger charge is 2.44. The van der Waals surface area contributed by atoms with Crippen LogP contribution in [-0.2, 0) is 7.05 Å². The fourth-order valence-electron chi connectivity index (χ4n) is 4.77. The number of benzene rings is 1. The predicted molar refractivity (Wildman–Crippen MR) is 128 cm³/mol. The number of para-hydroxylation sites is 1. The lowest BCUT2D eigenvalue weighted by molar-refractivity contribution is 0.0662. The summed E-state index contributed by atoms with van der Waals surface area (Å²) in [6, 6.07) is 13.9. The third-order valence-corrected chi connectivity index (χ3v) is 6.87. The highest BCUT2D eigenvalue weighted by molar-refractivity contribution is 6.33. The summed E-state index contributed by atoms with van der Waals surface area (Å²) in [5.41, 5.74) is 2.66. The lowest BCUT2D eigenvalue weighted by Gasteiger charge is -2.27. The number of aromatic nitrogens is 3. The SMILES string of the molecule is Cn1cc(C2CCN(C(=O)c3cccnc3Cl)C2C(=O)c2cccnc2Cl)c2ccccc21. The zero-order chi connectivity index (χ0) is 23.1. The van der Waals surface area contributed by atoms with Gasteiger partial charge in [-0.1, -0.05) is 41.4 Å². The number of aryl methyl sites for hydroxylation is 1. The molecule has 8 heteroatoms. The fourth-order valence-corrected chi connectivity index (χ4v) is 5.18. The Kier molecular flexibility index (Phi) is 5.64. The lowest BCUT2D eigenvalue weighted by Crippen LogP contribution is -2.43. The second-order valence-electron chi connectivity index (χ2n) is 8.10. The Hall–Kier alpha value is -3.22. The quantitative estimate of drug-likeness (QED) is 0.300. The van der Waals surface area contributed by atoms with Gasteiger partial charge in [0.25, 0.3) is 5.91 Å². The summed E-state index contributed by atoms with van der Waals surface area (Å²) < 4.78 is 2.05. The van der Waals surface area contributed by atoms with E-state index in [1.165, 1.54) is 12.4 Å². The van der Waals surface area contributed by atoms with E-state index >= 15 is 0 Å². The van der Waals surface area contributed by atoms with Crippen molar-refractivity contribution in [2.75, 3.05) is 6.54 Å². The first-order valence-corrected chi connectivity index (χ1v) is 11.3. The number of nitrogens with zero attached hydrogens (tertiary/aromatic N) is 4. The van der Waals surface area contributed by atoms with Crippen LogP contribution < -0.4 is 0 Å². The third kappa shape index (κ3) is 3.69. The second kappa shape index (κ2) is 8.61. The molecule has 166 valence electrons. The Morgan fingerprint density at radius 3 is 2.30 bits per heavy atom. The van der Waals surface area contributed by atoms with E-state index in [1.807, 2.05) is 42.1 Å². The van der Waals surface area contributed by atoms with Gasteiger partial charge in [-0.2, -0.15) is 0 Å². The Bertz CT molecular complexity index is 1380. The summed E-state index contributed by atoms with van der Waals surface area (Å²) in [5.74, 6) is -0.773. The van der Waals surface area contributed by atoms with Crippen molar-refractivity contribution in [3.8, 4) is 0 Å². The number of carbonyl (C=O) groups excluding carboxylic acids is 2. The van der Waals surface area contributed by atoms with Crippen LogP contribution >= 0.6 is 23.2 Å². The molecule has 2 atom stereocenters. The smallest absolute Gasteiger partial charge is 0.257 e. The van der Waals surface area contributed by atoms with Crippen molar-refractivity contribution in [2.24, 2.45) is 7.05 Å². The number of amides is 1. The third-order valence-electron chi connectivity index (χ3n) is 6.27. The Labute approximate surface area is 200 Å². The van der Waals surface area contributed by atoms with Crippen LogP contribution in [0.15, 0.2) is 67.1 Å². The zero-order valence-corrected chi connectivity index (χ0v) is 19.3. The van der Waals surface area contributed by atoms with Crippen LogP contribution in [0.25, 0.3) is 10.9 Å². The van der Waals surface area contributed by atoms with Crippen molar-refractivity contribution in [3.05, 3.63) is 94.1 Å². The van der Waals surface area contributed by atoms with Gasteiger partial charge in [0.15, 0.2) is 5.78 Å². The number of fused-ring (bicyclic) bond motifs is 1. The van der Waals surface area contributed by atoms with Gasteiger partial charge in [0.1, 0.15) is 16.3 Å².